The molecular formula is C41H54F2N6O9S. The van der Waals surface area contributed by atoms with E-state index in [0.29, 0.717) is 60.9 Å². The Morgan fingerprint density at radius 1 is 1.08 bits per heavy atom. The third-order valence-corrected chi connectivity index (χ3v) is 14.4. The zero-order chi connectivity index (χ0) is 42.5. The maximum absolute atomic E-state index is 14.7. The number of amides is 5. The lowest BCUT2D eigenvalue weighted by molar-refractivity contribution is -0.141. The molecule has 322 valence electrons. The number of hydrogen-bond donors (Lipinski definition) is 3. The van der Waals surface area contributed by atoms with Gasteiger partial charge in [0.25, 0.3) is 11.8 Å². The van der Waals surface area contributed by atoms with Gasteiger partial charge in [0, 0.05) is 42.3 Å². The molecule has 59 heavy (non-hydrogen) atoms. The van der Waals surface area contributed by atoms with Crippen LogP contribution in [0.25, 0.3) is 10.9 Å². The van der Waals surface area contributed by atoms with E-state index in [-0.39, 0.29) is 44.3 Å². The summed E-state index contributed by atoms with van der Waals surface area (Å²) in [6.45, 7) is 6.07. The predicted molar refractivity (Wildman–Crippen MR) is 213 cm³/mol. The van der Waals surface area contributed by atoms with Crippen molar-refractivity contribution >= 4 is 44.7 Å². The third-order valence-electron chi connectivity index (χ3n) is 12.2. The maximum atomic E-state index is 14.7. The molecule has 18 heteroatoms. The Labute approximate surface area is 343 Å². The van der Waals surface area contributed by atoms with Gasteiger partial charge in [-0.15, -0.1) is 0 Å². The fourth-order valence-electron chi connectivity index (χ4n) is 8.25. The van der Waals surface area contributed by atoms with E-state index in [9.17, 15) is 36.4 Å². The molecule has 2 aliphatic carbocycles. The van der Waals surface area contributed by atoms with Crippen LogP contribution < -0.4 is 29.6 Å². The molecule has 5 atom stereocenters. The van der Waals surface area contributed by atoms with Crippen molar-refractivity contribution in [3.05, 3.63) is 35.9 Å². The molecule has 1 aromatic carbocycles. The number of carbonyl (C=O) groups excluding carboxylic acids is 4. The minimum absolute atomic E-state index is 0.0372. The van der Waals surface area contributed by atoms with Crippen LogP contribution in [0.15, 0.2) is 30.4 Å². The molecule has 1 aromatic heterocycles. The number of fused-ring (bicyclic) bond motifs is 3. The van der Waals surface area contributed by atoms with Crippen molar-refractivity contribution in [1.82, 2.24) is 30.1 Å². The molecule has 2 aromatic rings. The molecule has 4 fully saturated rings. The number of carbonyl (C=O) groups is 4. The number of rotatable bonds is 9. The SMILES string of the molecule is COc1ccc2c(O[C@@H]3C[C@H]4C(=O)N[C@]5(C(=O)NS(=O)(=O)C6(C)CC6)C[C@H]5/C=C\CCCCC[C@H](NC(=O)N5CCC(F)(F)C5)C(=O)N4C3)cc(OC(C)C)nc2c1C. The first-order chi connectivity index (χ1) is 27.8. The molecular weight excluding hydrogens is 791 g/mol. The normalized spacial score (nSPS) is 28.4. The topological polar surface area (TPSA) is 186 Å². The summed E-state index contributed by atoms with van der Waals surface area (Å²) in [4.78, 5) is 63.6. The standard InChI is InChI=1S/C41H54F2N6O9S/c1-24(2)57-33-20-32(28-13-14-31(56-5)25(3)34(28)45-33)58-27-19-30-35(50)46-41(37(52)47-59(54,55)39(4)15-16-39)21-26(41)11-9-7-6-8-10-12-29(36(51)49(30)22-27)44-38(53)48-18-17-40(42,43)23-48/h9,11,13-14,20,24,26-27,29-30H,6-8,10,12,15-19,21-23H2,1-5H3,(H,44,53)(H,46,50)(H,47,52)/b11-9-/t26-,27-,29+,30+,41-/m1/s1. The van der Waals surface area contributed by atoms with Crippen molar-refractivity contribution in [3.63, 3.8) is 0 Å². The number of pyridine rings is 1. The van der Waals surface area contributed by atoms with Crippen LogP contribution in [0.2, 0.25) is 0 Å². The van der Waals surface area contributed by atoms with E-state index in [1.54, 1.807) is 32.2 Å². The fraction of sp³-hybridized carbons (Fsp3) is 0.634. The van der Waals surface area contributed by atoms with E-state index in [1.165, 1.54) is 4.90 Å². The van der Waals surface area contributed by atoms with Crippen molar-refractivity contribution in [3.8, 4) is 17.4 Å². The number of aromatic nitrogens is 1. The first kappa shape index (κ1) is 42.4. The van der Waals surface area contributed by atoms with Gasteiger partial charge in [0.05, 0.1) is 36.6 Å². The number of nitrogens with one attached hydrogen (secondary N) is 3. The largest absolute Gasteiger partial charge is 0.496 e. The Morgan fingerprint density at radius 3 is 2.53 bits per heavy atom. The van der Waals surface area contributed by atoms with Crippen LogP contribution in [0.1, 0.15) is 90.5 Å². The summed E-state index contributed by atoms with van der Waals surface area (Å²) < 4.78 is 74.0. The number of nitrogens with zero attached hydrogens (tertiary/aromatic N) is 3. The fourth-order valence-corrected chi connectivity index (χ4v) is 9.57. The summed E-state index contributed by atoms with van der Waals surface area (Å²) in [6, 6.07) is 2.03. The molecule has 15 nitrogen and oxygen atoms in total. The number of halogens is 2. The summed E-state index contributed by atoms with van der Waals surface area (Å²) in [5.41, 5.74) is -0.290. The second-order valence-corrected chi connectivity index (χ2v) is 19.3. The smallest absolute Gasteiger partial charge is 0.318 e. The quantitative estimate of drug-likeness (QED) is 0.304. The highest BCUT2D eigenvalue weighted by atomic mass is 32.2. The van der Waals surface area contributed by atoms with Crippen LogP contribution in [0, 0.1) is 12.8 Å². The minimum Gasteiger partial charge on any atom is -0.496 e. The summed E-state index contributed by atoms with van der Waals surface area (Å²) in [7, 11) is -2.49. The van der Waals surface area contributed by atoms with E-state index < -0.39 is 87.1 Å². The van der Waals surface area contributed by atoms with E-state index >= 15 is 0 Å². The molecule has 2 saturated carbocycles. The third kappa shape index (κ3) is 8.78. The summed E-state index contributed by atoms with van der Waals surface area (Å²) in [5.74, 6) is -4.44. The molecule has 0 radical (unpaired) electrons. The molecule has 0 bridgehead atoms. The van der Waals surface area contributed by atoms with Gasteiger partial charge in [0.1, 0.15) is 35.2 Å². The van der Waals surface area contributed by atoms with Crippen molar-refractivity contribution < 1.29 is 50.6 Å². The van der Waals surface area contributed by atoms with Gasteiger partial charge < -0.3 is 34.6 Å². The van der Waals surface area contributed by atoms with Gasteiger partial charge in [0.2, 0.25) is 27.7 Å². The molecule has 2 saturated heterocycles. The summed E-state index contributed by atoms with van der Waals surface area (Å²) >= 11 is 0. The lowest BCUT2D eigenvalue weighted by Gasteiger charge is -2.30. The number of aryl methyl sites for hydroxylation is 1. The Kier molecular flexibility index (Phi) is 11.5. The van der Waals surface area contributed by atoms with Gasteiger partial charge in [-0.2, -0.15) is 0 Å². The average Bonchev–Trinajstić information content (AvgIpc) is 3.99. The van der Waals surface area contributed by atoms with Crippen molar-refractivity contribution in [2.45, 2.75) is 132 Å². The van der Waals surface area contributed by atoms with Crippen LogP contribution >= 0.6 is 0 Å². The molecule has 4 heterocycles. The van der Waals surface area contributed by atoms with Crippen molar-refractivity contribution in [1.29, 1.82) is 0 Å². The van der Waals surface area contributed by atoms with Gasteiger partial charge in [-0.05, 0) is 78.4 Å². The van der Waals surface area contributed by atoms with Gasteiger partial charge in [-0.1, -0.05) is 25.0 Å². The van der Waals surface area contributed by atoms with E-state index in [4.69, 9.17) is 19.2 Å². The Balaban J connectivity index is 1.22. The Morgan fingerprint density at radius 2 is 1.85 bits per heavy atom. The number of hydrogen-bond acceptors (Lipinski definition) is 10. The van der Waals surface area contributed by atoms with E-state index in [0.717, 1.165) is 10.5 Å². The highest BCUT2D eigenvalue weighted by Crippen LogP contribution is 2.48. The predicted octanol–water partition coefficient (Wildman–Crippen LogP) is 4.50. The number of alkyl halides is 2. The average molecular weight is 845 g/mol. The van der Waals surface area contributed by atoms with Crippen LogP contribution in [0.4, 0.5) is 13.6 Å². The van der Waals surface area contributed by atoms with E-state index in [2.05, 4.69) is 15.4 Å². The summed E-state index contributed by atoms with van der Waals surface area (Å²) in [5, 5.41) is 6.18. The number of ether oxygens (including phenoxy) is 3. The second kappa shape index (κ2) is 16.0. The molecule has 3 aliphatic heterocycles. The first-order valence-corrected chi connectivity index (χ1v) is 21.9. The zero-order valence-corrected chi connectivity index (χ0v) is 35.0. The van der Waals surface area contributed by atoms with Gasteiger partial charge >= 0.3 is 6.03 Å². The lowest BCUT2D eigenvalue weighted by Crippen LogP contribution is -2.59. The number of sulfonamides is 1. The number of methoxy groups -OCH3 is 1. The zero-order valence-electron chi connectivity index (χ0n) is 34.1. The van der Waals surface area contributed by atoms with Crippen LogP contribution in [-0.4, -0.2) is 114 Å². The molecule has 5 amide bonds. The number of likely N-dealkylation sites (tertiary alicyclic amines) is 1. The van der Waals surface area contributed by atoms with Crippen LogP contribution in [-0.2, 0) is 24.4 Å². The second-order valence-electron chi connectivity index (χ2n) is 17.1. The van der Waals surface area contributed by atoms with Crippen molar-refractivity contribution in [2.24, 2.45) is 5.92 Å². The monoisotopic (exact) mass is 844 g/mol. The summed E-state index contributed by atoms with van der Waals surface area (Å²) in [6.07, 6.45) is 5.85. The van der Waals surface area contributed by atoms with Crippen LogP contribution in [0.3, 0.4) is 0 Å². The number of urea groups is 1. The van der Waals surface area contributed by atoms with Gasteiger partial charge in [-0.3, -0.25) is 19.1 Å². The van der Waals surface area contributed by atoms with Gasteiger partial charge in [0.15, 0.2) is 0 Å². The molecule has 0 spiro atoms. The minimum atomic E-state index is -4.04. The van der Waals surface area contributed by atoms with Crippen molar-refractivity contribution in [2.75, 3.05) is 26.7 Å². The molecule has 7 rings (SSSR count). The highest BCUT2D eigenvalue weighted by molar-refractivity contribution is 7.91. The first-order valence-electron chi connectivity index (χ1n) is 20.5. The van der Waals surface area contributed by atoms with Gasteiger partial charge in [-0.25, -0.2) is 27.0 Å². The highest BCUT2D eigenvalue weighted by Gasteiger charge is 2.63. The molecule has 5 aliphatic rings. The lowest BCUT2D eigenvalue weighted by atomic mass is 10.0. The maximum Gasteiger partial charge on any atom is 0.318 e. The Hall–Kier alpha value is -4.74. The molecule has 3 N–H and O–H groups in total. The number of benzene rings is 1. The molecule has 0 unspecified atom stereocenters. The van der Waals surface area contributed by atoms with E-state index in [1.807, 2.05) is 32.9 Å². The van der Waals surface area contributed by atoms with Crippen LogP contribution in [0.5, 0.6) is 17.4 Å². The number of allylic oxidation sites excluding steroid dienone is 1. The Bertz CT molecular complexity index is 2150.